The highest BCUT2D eigenvalue weighted by atomic mass is 35.6. The Labute approximate surface area is 109 Å². The Morgan fingerprint density at radius 1 is 1.33 bits per heavy atom. The fourth-order valence-electron chi connectivity index (χ4n) is 0.577. The highest BCUT2D eigenvalue weighted by Crippen LogP contribution is 2.26. The van der Waals surface area contributed by atoms with Gasteiger partial charge in [0.1, 0.15) is 5.15 Å². The highest BCUT2D eigenvalue weighted by molar-refractivity contribution is 6.76. The fourth-order valence-corrected chi connectivity index (χ4v) is 0.982. The highest BCUT2D eigenvalue weighted by Gasteiger charge is 2.30. The van der Waals surface area contributed by atoms with Gasteiger partial charge in [-0.2, -0.15) is 4.98 Å². The molecule has 84 valence electrons. The summed E-state index contributed by atoms with van der Waals surface area (Å²) in [5.74, 6) is -0.747. The predicted molar refractivity (Wildman–Crippen MR) is 60.7 cm³/mol. The zero-order valence-corrected chi connectivity index (χ0v) is 10.5. The Balaban J connectivity index is 2.55. The molecule has 1 heterocycles. The van der Waals surface area contributed by atoms with E-state index in [2.05, 4.69) is 20.8 Å². The lowest BCUT2D eigenvalue weighted by Crippen LogP contribution is -2.38. The molecule has 0 fully saturated rings. The van der Waals surface area contributed by atoms with Crippen LogP contribution in [0, 0.1) is 0 Å². The SMILES string of the molecule is O=C(NNc1nc(Cl)c(Cl)[nH]1)C(Cl)(Cl)Cl. The van der Waals surface area contributed by atoms with Crippen LogP contribution in [0.15, 0.2) is 0 Å². The van der Waals surface area contributed by atoms with Crippen molar-refractivity contribution >= 4 is 69.9 Å². The van der Waals surface area contributed by atoms with Gasteiger partial charge < -0.3 is 4.98 Å². The summed E-state index contributed by atoms with van der Waals surface area (Å²) in [4.78, 5) is 17.3. The summed E-state index contributed by atoms with van der Waals surface area (Å²) in [5, 5.41) is 0.185. The number of halogens is 5. The predicted octanol–water partition coefficient (Wildman–Crippen LogP) is 2.53. The molecule has 0 atom stereocenters. The van der Waals surface area contributed by atoms with E-state index in [9.17, 15) is 4.79 Å². The van der Waals surface area contributed by atoms with Crippen molar-refractivity contribution in [3.8, 4) is 0 Å². The van der Waals surface area contributed by atoms with Crippen LogP contribution in [-0.2, 0) is 4.79 Å². The average Bonchev–Trinajstić information content (AvgIpc) is 2.41. The van der Waals surface area contributed by atoms with Crippen LogP contribution >= 0.6 is 58.0 Å². The summed E-state index contributed by atoms with van der Waals surface area (Å²) in [6.07, 6.45) is 0. The first-order valence-electron chi connectivity index (χ1n) is 3.35. The lowest BCUT2D eigenvalue weighted by atomic mass is 10.7. The summed E-state index contributed by atoms with van der Waals surface area (Å²) in [7, 11) is 0. The van der Waals surface area contributed by atoms with Crippen LogP contribution in [0.5, 0.6) is 0 Å². The molecular formula is C5H3Cl5N4O. The van der Waals surface area contributed by atoms with E-state index in [-0.39, 0.29) is 16.3 Å². The van der Waals surface area contributed by atoms with Gasteiger partial charge in [0.15, 0.2) is 5.15 Å². The minimum Gasteiger partial charge on any atom is -0.313 e. The van der Waals surface area contributed by atoms with E-state index in [0.29, 0.717) is 0 Å². The van der Waals surface area contributed by atoms with Crippen molar-refractivity contribution in [3.05, 3.63) is 10.3 Å². The number of aromatic nitrogens is 2. The molecule has 0 aliphatic heterocycles. The smallest absolute Gasteiger partial charge is 0.290 e. The van der Waals surface area contributed by atoms with Crippen molar-refractivity contribution in [2.45, 2.75) is 3.79 Å². The topological polar surface area (TPSA) is 69.8 Å². The molecule has 0 spiro atoms. The van der Waals surface area contributed by atoms with Gasteiger partial charge in [0.25, 0.3) is 9.70 Å². The normalized spacial score (nSPS) is 11.3. The number of aromatic amines is 1. The third kappa shape index (κ3) is 3.77. The zero-order chi connectivity index (χ0) is 11.6. The zero-order valence-electron chi connectivity index (χ0n) is 6.75. The van der Waals surface area contributed by atoms with Crippen LogP contribution in [0.1, 0.15) is 0 Å². The summed E-state index contributed by atoms with van der Waals surface area (Å²) in [5.41, 5.74) is 4.41. The van der Waals surface area contributed by atoms with Crippen LogP contribution in [0.25, 0.3) is 0 Å². The number of alkyl halides is 3. The second kappa shape index (κ2) is 4.84. The second-order valence-corrected chi connectivity index (χ2v) is 5.28. The quantitative estimate of drug-likeness (QED) is 0.580. The first-order chi connectivity index (χ1) is 6.80. The van der Waals surface area contributed by atoms with Gasteiger partial charge in [0.2, 0.25) is 5.95 Å². The lowest BCUT2D eigenvalue weighted by Gasteiger charge is -2.10. The molecule has 0 aromatic carbocycles. The van der Waals surface area contributed by atoms with E-state index >= 15 is 0 Å². The molecule has 15 heavy (non-hydrogen) atoms. The number of nitrogens with zero attached hydrogens (tertiary/aromatic N) is 1. The number of amides is 1. The number of H-pyrrole nitrogens is 1. The number of hydrazine groups is 1. The number of hydrogen-bond acceptors (Lipinski definition) is 3. The number of anilines is 1. The number of nitrogens with one attached hydrogen (secondary N) is 3. The monoisotopic (exact) mass is 310 g/mol. The second-order valence-electron chi connectivity index (χ2n) is 2.27. The largest absolute Gasteiger partial charge is 0.313 e. The molecule has 0 radical (unpaired) electrons. The van der Waals surface area contributed by atoms with Crippen LogP contribution in [-0.4, -0.2) is 19.7 Å². The van der Waals surface area contributed by atoms with Gasteiger partial charge in [-0.05, 0) is 0 Å². The van der Waals surface area contributed by atoms with Crippen LogP contribution in [0.4, 0.5) is 5.95 Å². The lowest BCUT2D eigenvalue weighted by molar-refractivity contribution is -0.119. The van der Waals surface area contributed by atoms with Gasteiger partial charge in [-0.3, -0.25) is 15.6 Å². The molecule has 10 heteroatoms. The molecule has 1 aromatic rings. The van der Waals surface area contributed by atoms with E-state index in [1.165, 1.54) is 0 Å². The molecule has 5 nitrogen and oxygen atoms in total. The van der Waals surface area contributed by atoms with E-state index in [0.717, 1.165) is 0 Å². The average molecular weight is 312 g/mol. The number of imidazole rings is 1. The van der Waals surface area contributed by atoms with Gasteiger partial charge in [0.05, 0.1) is 0 Å². The first kappa shape index (κ1) is 13.0. The van der Waals surface area contributed by atoms with Gasteiger partial charge in [-0.25, -0.2) is 0 Å². The maximum absolute atomic E-state index is 11.1. The fraction of sp³-hybridized carbons (Fsp3) is 0.200. The van der Waals surface area contributed by atoms with Crippen molar-refractivity contribution in [1.82, 2.24) is 15.4 Å². The Bertz CT molecular complexity index is 352. The Morgan fingerprint density at radius 3 is 2.33 bits per heavy atom. The molecule has 1 aromatic heterocycles. The molecule has 0 aliphatic rings. The number of carbonyl (C=O) groups is 1. The molecule has 0 saturated carbocycles. The molecule has 0 saturated heterocycles. The van der Waals surface area contributed by atoms with E-state index < -0.39 is 9.70 Å². The van der Waals surface area contributed by atoms with E-state index in [4.69, 9.17) is 58.0 Å². The molecule has 1 amide bonds. The number of hydrogen-bond donors (Lipinski definition) is 3. The van der Waals surface area contributed by atoms with Crippen molar-refractivity contribution in [2.75, 3.05) is 5.43 Å². The van der Waals surface area contributed by atoms with Gasteiger partial charge in [-0.1, -0.05) is 58.0 Å². The summed E-state index contributed by atoms with van der Waals surface area (Å²) in [6.45, 7) is 0. The Kier molecular flexibility index (Phi) is 4.20. The molecule has 3 N–H and O–H groups in total. The summed E-state index contributed by atoms with van der Waals surface area (Å²) < 4.78 is -2.06. The van der Waals surface area contributed by atoms with Crippen LogP contribution < -0.4 is 10.9 Å². The van der Waals surface area contributed by atoms with E-state index in [1.807, 2.05) is 0 Å². The van der Waals surface area contributed by atoms with Crippen molar-refractivity contribution in [1.29, 1.82) is 0 Å². The van der Waals surface area contributed by atoms with Crippen molar-refractivity contribution in [3.63, 3.8) is 0 Å². The van der Waals surface area contributed by atoms with Gasteiger partial charge in [-0.15, -0.1) is 0 Å². The van der Waals surface area contributed by atoms with Gasteiger partial charge >= 0.3 is 0 Å². The summed E-state index contributed by atoms with van der Waals surface area (Å²) in [6, 6.07) is 0. The standard InChI is InChI=1S/C5H3Cl5N4O/c6-1-2(7)12-4(11-1)14-13-3(15)5(8,9)10/h(H,13,15)(H2,11,12,14). The van der Waals surface area contributed by atoms with Gasteiger partial charge in [0, 0.05) is 0 Å². The Hall–Kier alpha value is -0.0700. The molecule has 1 rings (SSSR count). The Morgan fingerprint density at radius 2 is 1.93 bits per heavy atom. The minimum atomic E-state index is -2.06. The number of rotatable bonds is 2. The maximum Gasteiger partial charge on any atom is 0.290 e. The minimum absolute atomic E-state index is 0.0577. The molecule has 0 unspecified atom stereocenters. The van der Waals surface area contributed by atoms with Crippen LogP contribution in [0.2, 0.25) is 10.3 Å². The number of carbonyl (C=O) groups excluding carboxylic acids is 1. The summed E-state index contributed by atoms with van der Waals surface area (Å²) >= 11 is 26.9. The first-order valence-corrected chi connectivity index (χ1v) is 5.24. The van der Waals surface area contributed by atoms with E-state index in [1.54, 1.807) is 0 Å². The van der Waals surface area contributed by atoms with Crippen molar-refractivity contribution < 1.29 is 4.79 Å². The molecule has 0 aliphatic carbocycles. The molecular weight excluding hydrogens is 309 g/mol. The third-order valence-electron chi connectivity index (χ3n) is 1.17. The maximum atomic E-state index is 11.1. The van der Waals surface area contributed by atoms with Crippen molar-refractivity contribution in [2.24, 2.45) is 0 Å². The molecule has 0 bridgehead atoms. The van der Waals surface area contributed by atoms with Crippen LogP contribution in [0.3, 0.4) is 0 Å². The third-order valence-corrected chi connectivity index (χ3v) is 2.33.